The predicted molar refractivity (Wildman–Crippen MR) is 91.7 cm³/mol. The minimum Gasteiger partial charge on any atom is -0.341 e. The Morgan fingerprint density at radius 3 is 2.80 bits per heavy atom. The first-order chi connectivity index (χ1) is 12.1. The van der Waals surface area contributed by atoms with Crippen molar-refractivity contribution in [3.63, 3.8) is 0 Å². The Kier molecular flexibility index (Phi) is 7.37. The van der Waals surface area contributed by atoms with Crippen LogP contribution < -0.4 is 0 Å². The molecule has 25 heavy (non-hydrogen) atoms. The summed E-state index contributed by atoms with van der Waals surface area (Å²) in [6.07, 6.45) is 2.04. The van der Waals surface area contributed by atoms with Gasteiger partial charge < -0.3 is 9.80 Å². The highest BCUT2D eigenvalue weighted by atomic mass is 19.1. The summed E-state index contributed by atoms with van der Waals surface area (Å²) >= 11 is 0. The fourth-order valence-electron chi connectivity index (χ4n) is 3.08. The van der Waals surface area contributed by atoms with Crippen molar-refractivity contribution in [3.05, 3.63) is 35.6 Å². The molecule has 0 spiro atoms. The van der Waals surface area contributed by atoms with Gasteiger partial charge in [-0.25, -0.2) is 4.39 Å². The minimum absolute atomic E-state index is 0.00811. The van der Waals surface area contributed by atoms with E-state index in [1.54, 1.807) is 12.1 Å². The third-order valence-corrected chi connectivity index (χ3v) is 4.45. The lowest BCUT2D eigenvalue weighted by Gasteiger charge is -2.23. The molecule has 1 aliphatic heterocycles. The van der Waals surface area contributed by atoms with Gasteiger partial charge in [-0.2, -0.15) is 10.5 Å². The predicted octanol–water partition coefficient (Wildman–Crippen LogP) is 2.35. The molecule has 1 heterocycles. The molecule has 0 radical (unpaired) electrons. The van der Waals surface area contributed by atoms with Crippen LogP contribution in [-0.2, 0) is 11.2 Å². The lowest BCUT2D eigenvalue weighted by atomic mass is 10.0. The van der Waals surface area contributed by atoms with E-state index in [-0.39, 0.29) is 24.1 Å². The van der Waals surface area contributed by atoms with Crippen LogP contribution in [-0.4, -0.2) is 48.4 Å². The molecular weight excluding hydrogens is 319 g/mol. The number of nitriles is 2. The van der Waals surface area contributed by atoms with E-state index in [4.69, 9.17) is 5.26 Å². The van der Waals surface area contributed by atoms with Gasteiger partial charge in [-0.1, -0.05) is 12.1 Å². The second-order valence-electron chi connectivity index (χ2n) is 6.36. The van der Waals surface area contributed by atoms with Gasteiger partial charge in [0.2, 0.25) is 5.91 Å². The number of nitrogens with zero attached hydrogens (tertiary/aromatic N) is 4. The molecule has 0 aromatic heterocycles. The maximum absolute atomic E-state index is 13.2. The highest BCUT2D eigenvalue weighted by Gasteiger charge is 2.21. The van der Waals surface area contributed by atoms with Crippen molar-refractivity contribution in [2.24, 2.45) is 5.92 Å². The van der Waals surface area contributed by atoms with Gasteiger partial charge in [0.15, 0.2) is 0 Å². The van der Waals surface area contributed by atoms with Crippen LogP contribution in [0.25, 0.3) is 0 Å². The smallest absolute Gasteiger partial charge is 0.227 e. The number of carbonyl (C=O) groups is 1. The Bertz CT molecular complexity index is 664. The first-order valence-electron chi connectivity index (χ1n) is 8.63. The molecule has 1 saturated heterocycles. The average Bonchev–Trinajstić information content (AvgIpc) is 2.84. The van der Waals surface area contributed by atoms with Crippen molar-refractivity contribution >= 4 is 5.91 Å². The number of hydrogen-bond acceptors (Lipinski definition) is 4. The molecule has 0 N–H and O–H groups in total. The molecule has 132 valence electrons. The van der Waals surface area contributed by atoms with Crippen molar-refractivity contribution in [1.82, 2.24) is 9.80 Å². The highest BCUT2D eigenvalue weighted by molar-refractivity contribution is 5.78. The van der Waals surface area contributed by atoms with E-state index < -0.39 is 0 Å². The number of carbonyl (C=O) groups excluding carboxylic acids is 1. The summed E-state index contributed by atoms with van der Waals surface area (Å²) in [7, 11) is 0. The molecule has 1 aromatic carbocycles. The quantitative estimate of drug-likeness (QED) is 0.795. The SMILES string of the molecule is N#CCC[C@H](C#N)CN1CCCN(C(=O)Cc2cccc(F)c2)CC1. The molecule has 0 bridgehead atoms. The molecule has 0 aliphatic carbocycles. The van der Waals surface area contributed by atoms with Gasteiger partial charge in [0.05, 0.1) is 24.5 Å². The topological polar surface area (TPSA) is 71.1 Å². The van der Waals surface area contributed by atoms with Crippen LogP contribution in [0.1, 0.15) is 24.8 Å². The summed E-state index contributed by atoms with van der Waals surface area (Å²) in [5.74, 6) is -0.463. The summed E-state index contributed by atoms with van der Waals surface area (Å²) < 4.78 is 13.2. The number of amides is 1. The molecule has 6 heteroatoms. The monoisotopic (exact) mass is 342 g/mol. The first-order valence-corrected chi connectivity index (χ1v) is 8.63. The highest BCUT2D eigenvalue weighted by Crippen LogP contribution is 2.12. The second-order valence-corrected chi connectivity index (χ2v) is 6.36. The fourth-order valence-corrected chi connectivity index (χ4v) is 3.08. The Morgan fingerprint density at radius 1 is 1.24 bits per heavy atom. The largest absolute Gasteiger partial charge is 0.341 e. The molecule has 5 nitrogen and oxygen atoms in total. The molecular formula is C19H23FN4O. The van der Waals surface area contributed by atoms with Crippen molar-refractivity contribution in [2.75, 3.05) is 32.7 Å². The minimum atomic E-state index is -0.327. The fraction of sp³-hybridized carbons (Fsp3) is 0.526. The molecule has 0 saturated carbocycles. The Balaban J connectivity index is 1.85. The zero-order valence-corrected chi connectivity index (χ0v) is 14.3. The van der Waals surface area contributed by atoms with Gasteiger partial charge in [0, 0.05) is 32.6 Å². The van der Waals surface area contributed by atoms with Gasteiger partial charge in [-0.15, -0.1) is 0 Å². The van der Waals surface area contributed by atoms with E-state index in [0.717, 1.165) is 19.5 Å². The van der Waals surface area contributed by atoms with E-state index in [9.17, 15) is 14.4 Å². The zero-order valence-electron chi connectivity index (χ0n) is 14.3. The van der Waals surface area contributed by atoms with E-state index in [0.29, 0.717) is 38.0 Å². The van der Waals surface area contributed by atoms with Crippen molar-refractivity contribution < 1.29 is 9.18 Å². The van der Waals surface area contributed by atoms with Gasteiger partial charge in [0.1, 0.15) is 5.82 Å². The Hall–Kier alpha value is -2.44. The maximum Gasteiger partial charge on any atom is 0.227 e. The molecule has 1 aliphatic rings. The van der Waals surface area contributed by atoms with Gasteiger partial charge in [0.25, 0.3) is 0 Å². The summed E-state index contributed by atoms with van der Waals surface area (Å²) in [5, 5.41) is 17.9. The van der Waals surface area contributed by atoms with E-state index >= 15 is 0 Å². The molecule has 2 rings (SSSR count). The Labute approximate surface area is 148 Å². The van der Waals surface area contributed by atoms with Crippen LogP contribution in [0.5, 0.6) is 0 Å². The maximum atomic E-state index is 13.2. The van der Waals surface area contributed by atoms with Crippen LogP contribution in [0, 0.1) is 34.4 Å². The zero-order chi connectivity index (χ0) is 18.1. The second kappa shape index (κ2) is 9.76. The number of benzene rings is 1. The summed E-state index contributed by atoms with van der Waals surface area (Å²) in [6.45, 7) is 3.50. The first kappa shape index (κ1) is 18.9. The Morgan fingerprint density at radius 2 is 2.08 bits per heavy atom. The molecule has 0 unspecified atom stereocenters. The molecule has 1 amide bonds. The van der Waals surface area contributed by atoms with E-state index in [1.807, 2.05) is 4.90 Å². The van der Waals surface area contributed by atoms with Crippen LogP contribution >= 0.6 is 0 Å². The van der Waals surface area contributed by atoms with Crippen molar-refractivity contribution in [2.45, 2.75) is 25.7 Å². The van der Waals surface area contributed by atoms with Crippen LogP contribution in [0.2, 0.25) is 0 Å². The lowest BCUT2D eigenvalue weighted by molar-refractivity contribution is -0.130. The molecule has 1 fully saturated rings. The van der Waals surface area contributed by atoms with Gasteiger partial charge >= 0.3 is 0 Å². The summed E-state index contributed by atoms with van der Waals surface area (Å²) in [6, 6.07) is 10.5. The number of hydrogen-bond donors (Lipinski definition) is 0. The average molecular weight is 342 g/mol. The normalized spacial score (nSPS) is 16.5. The van der Waals surface area contributed by atoms with Crippen LogP contribution in [0.15, 0.2) is 24.3 Å². The van der Waals surface area contributed by atoms with Gasteiger partial charge in [-0.3, -0.25) is 4.79 Å². The van der Waals surface area contributed by atoms with Crippen LogP contribution in [0.3, 0.4) is 0 Å². The third-order valence-electron chi connectivity index (χ3n) is 4.45. The number of rotatable bonds is 6. The van der Waals surface area contributed by atoms with E-state index in [1.165, 1.54) is 12.1 Å². The van der Waals surface area contributed by atoms with Crippen molar-refractivity contribution in [1.29, 1.82) is 10.5 Å². The van der Waals surface area contributed by atoms with Crippen LogP contribution in [0.4, 0.5) is 4.39 Å². The number of halogens is 1. The van der Waals surface area contributed by atoms with Crippen molar-refractivity contribution in [3.8, 4) is 12.1 Å². The molecule has 1 aromatic rings. The van der Waals surface area contributed by atoms with E-state index in [2.05, 4.69) is 17.0 Å². The summed E-state index contributed by atoms with van der Waals surface area (Å²) in [5.41, 5.74) is 0.687. The summed E-state index contributed by atoms with van der Waals surface area (Å²) in [4.78, 5) is 16.5. The third kappa shape index (κ3) is 6.17. The lowest BCUT2D eigenvalue weighted by Crippen LogP contribution is -2.37. The standard InChI is InChI=1S/C19H23FN4O/c20-18-6-1-4-16(12-18)13-19(25)24-9-3-8-23(10-11-24)15-17(14-22)5-2-7-21/h1,4,6,12,17H,2-3,5,8-11,13,15H2/t17-/m1/s1. The molecule has 1 atom stereocenters. The van der Waals surface area contributed by atoms with Gasteiger partial charge in [-0.05, 0) is 37.1 Å².